The highest BCUT2D eigenvalue weighted by atomic mass is 16.5. The number of hydrogen-bond donors (Lipinski definition) is 2. The van der Waals surface area contributed by atoms with E-state index in [0.717, 1.165) is 29.9 Å². The third kappa shape index (κ3) is 6.46. The Morgan fingerprint density at radius 1 is 1.26 bits per heavy atom. The summed E-state index contributed by atoms with van der Waals surface area (Å²) in [7, 11) is 4.80. The van der Waals surface area contributed by atoms with E-state index in [4.69, 9.17) is 14.6 Å². The molecule has 2 amide bonds. The average molecular weight is 324 g/mol. The first-order valence-electron chi connectivity index (χ1n) is 7.39. The number of carboxylic acids is 1. The van der Waals surface area contributed by atoms with Crippen LogP contribution in [-0.2, 0) is 11.2 Å². The molecule has 0 aromatic heterocycles. The predicted octanol–water partition coefficient (Wildman–Crippen LogP) is 1.75. The molecule has 0 spiro atoms. The Morgan fingerprint density at radius 2 is 2.00 bits per heavy atom. The summed E-state index contributed by atoms with van der Waals surface area (Å²) in [5, 5.41) is 11.4. The van der Waals surface area contributed by atoms with Crippen LogP contribution in [0.2, 0.25) is 0 Å². The summed E-state index contributed by atoms with van der Waals surface area (Å²) >= 11 is 0. The van der Waals surface area contributed by atoms with E-state index in [2.05, 4.69) is 5.32 Å². The van der Waals surface area contributed by atoms with E-state index in [-0.39, 0.29) is 19.0 Å². The minimum atomic E-state index is -0.922. The number of methoxy groups -OCH3 is 2. The lowest BCUT2D eigenvalue weighted by atomic mass is 10.1. The van der Waals surface area contributed by atoms with E-state index < -0.39 is 5.97 Å². The second kappa shape index (κ2) is 9.55. The molecule has 0 radical (unpaired) electrons. The Bertz CT molecular complexity index is 533. The molecule has 0 fully saturated rings. The van der Waals surface area contributed by atoms with Crippen molar-refractivity contribution >= 4 is 12.0 Å². The number of aliphatic carboxylic acids is 1. The maximum absolute atomic E-state index is 11.8. The quantitative estimate of drug-likeness (QED) is 0.676. The molecule has 0 saturated heterocycles. The number of urea groups is 1. The summed E-state index contributed by atoms with van der Waals surface area (Å²) in [5.41, 5.74) is 1.01. The standard InChI is InChI=1S/C16H24N2O5/c1-18(10-8-15(19)20)16(21)17-9-4-5-12-11-13(22-2)6-7-14(12)23-3/h6-7,11H,4-5,8-10H2,1-3H3,(H,17,21)(H,19,20). The van der Waals surface area contributed by atoms with Crippen LogP contribution in [0.4, 0.5) is 4.79 Å². The van der Waals surface area contributed by atoms with Crippen molar-refractivity contribution in [3.05, 3.63) is 23.8 Å². The van der Waals surface area contributed by atoms with Gasteiger partial charge in [-0.15, -0.1) is 0 Å². The lowest BCUT2D eigenvalue weighted by molar-refractivity contribution is -0.137. The molecule has 2 N–H and O–H groups in total. The molecular formula is C16H24N2O5. The van der Waals surface area contributed by atoms with Crippen molar-refractivity contribution in [3.8, 4) is 11.5 Å². The van der Waals surface area contributed by atoms with Crippen LogP contribution in [0.25, 0.3) is 0 Å². The molecule has 0 atom stereocenters. The van der Waals surface area contributed by atoms with Crippen LogP contribution >= 0.6 is 0 Å². The first-order chi connectivity index (χ1) is 11.0. The van der Waals surface area contributed by atoms with Gasteiger partial charge in [-0.1, -0.05) is 0 Å². The summed E-state index contributed by atoms with van der Waals surface area (Å²) in [6.07, 6.45) is 1.41. The number of ether oxygens (including phenoxy) is 2. The zero-order valence-electron chi connectivity index (χ0n) is 13.8. The van der Waals surface area contributed by atoms with Crippen molar-refractivity contribution < 1.29 is 24.2 Å². The van der Waals surface area contributed by atoms with Gasteiger partial charge < -0.3 is 24.8 Å². The van der Waals surface area contributed by atoms with Crippen LogP contribution in [0.5, 0.6) is 11.5 Å². The first-order valence-corrected chi connectivity index (χ1v) is 7.39. The topological polar surface area (TPSA) is 88.1 Å². The number of nitrogens with one attached hydrogen (secondary N) is 1. The van der Waals surface area contributed by atoms with Gasteiger partial charge in [-0.25, -0.2) is 4.79 Å². The molecule has 23 heavy (non-hydrogen) atoms. The Kier molecular flexibility index (Phi) is 7.73. The van der Waals surface area contributed by atoms with Crippen LogP contribution in [-0.4, -0.2) is 56.4 Å². The summed E-state index contributed by atoms with van der Waals surface area (Å²) in [6.45, 7) is 0.682. The smallest absolute Gasteiger partial charge is 0.317 e. The number of amides is 2. The lowest BCUT2D eigenvalue weighted by Gasteiger charge is -2.17. The molecule has 0 unspecified atom stereocenters. The van der Waals surface area contributed by atoms with E-state index in [0.29, 0.717) is 6.54 Å². The zero-order valence-corrected chi connectivity index (χ0v) is 13.8. The van der Waals surface area contributed by atoms with E-state index in [9.17, 15) is 9.59 Å². The Hall–Kier alpha value is -2.44. The lowest BCUT2D eigenvalue weighted by Crippen LogP contribution is -2.38. The molecule has 0 aliphatic rings. The second-order valence-electron chi connectivity index (χ2n) is 5.08. The number of nitrogens with zero attached hydrogens (tertiary/aromatic N) is 1. The molecule has 128 valence electrons. The van der Waals surface area contributed by atoms with Gasteiger partial charge in [0, 0.05) is 20.1 Å². The summed E-state index contributed by atoms with van der Waals surface area (Å²) in [4.78, 5) is 23.6. The van der Waals surface area contributed by atoms with Crippen LogP contribution in [0.1, 0.15) is 18.4 Å². The van der Waals surface area contributed by atoms with Gasteiger partial charge in [-0.2, -0.15) is 0 Å². The molecule has 1 rings (SSSR count). The van der Waals surface area contributed by atoms with Crippen molar-refractivity contribution in [2.24, 2.45) is 0 Å². The van der Waals surface area contributed by atoms with Crippen LogP contribution in [0, 0.1) is 0 Å². The van der Waals surface area contributed by atoms with E-state index in [1.807, 2.05) is 18.2 Å². The second-order valence-corrected chi connectivity index (χ2v) is 5.08. The van der Waals surface area contributed by atoms with Gasteiger partial charge in [0.1, 0.15) is 11.5 Å². The van der Waals surface area contributed by atoms with E-state index in [1.165, 1.54) is 4.90 Å². The molecule has 0 bridgehead atoms. The summed E-state index contributed by atoms with van der Waals surface area (Å²) in [6, 6.07) is 5.33. The minimum Gasteiger partial charge on any atom is -0.497 e. The monoisotopic (exact) mass is 324 g/mol. The number of benzene rings is 1. The maximum atomic E-state index is 11.8. The predicted molar refractivity (Wildman–Crippen MR) is 86.1 cm³/mol. The fourth-order valence-electron chi connectivity index (χ4n) is 2.05. The molecule has 0 heterocycles. The fourth-order valence-corrected chi connectivity index (χ4v) is 2.05. The van der Waals surface area contributed by atoms with Crippen LogP contribution in [0.15, 0.2) is 18.2 Å². The molecule has 7 heteroatoms. The molecular weight excluding hydrogens is 300 g/mol. The highest BCUT2D eigenvalue weighted by Gasteiger charge is 2.10. The SMILES string of the molecule is COc1ccc(OC)c(CCCNC(=O)N(C)CCC(=O)O)c1. The maximum Gasteiger partial charge on any atom is 0.317 e. The Morgan fingerprint density at radius 3 is 2.61 bits per heavy atom. The summed E-state index contributed by atoms with van der Waals surface area (Å²) in [5.74, 6) is 0.628. The van der Waals surface area contributed by atoms with Crippen LogP contribution < -0.4 is 14.8 Å². The van der Waals surface area contributed by atoms with Gasteiger partial charge in [0.2, 0.25) is 0 Å². The van der Waals surface area contributed by atoms with Gasteiger partial charge in [0.15, 0.2) is 0 Å². The van der Waals surface area contributed by atoms with Gasteiger partial charge in [0.05, 0.1) is 20.6 Å². The normalized spacial score (nSPS) is 10.0. The minimum absolute atomic E-state index is 0.0646. The number of hydrogen-bond acceptors (Lipinski definition) is 4. The van der Waals surface area contributed by atoms with Crippen molar-refractivity contribution in [2.75, 3.05) is 34.4 Å². The van der Waals surface area contributed by atoms with Gasteiger partial charge in [-0.05, 0) is 36.6 Å². The molecule has 1 aromatic carbocycles. The van der Waals surface area contributed by atoms with E-state index >= 15 is 0 Å². The number of rotatable bonds is 9. The number of carboxylic acid groups (broad SMARTS) is 1. The number of aryl methyl sites for hydroxylation is 1. The third-order valence-corrected chi connectivity index (χ3v) is 3.39. The number of carbonyl (C=O) groups excluding carboxylic acids is 1. The Labute approximate surface area is 136 Å². The molecule has 7 nitrogen and oxygen atoms in total. The van der Waals surface area contributed by atoms with Crippen molar-refractivity contribution in [3.63, 3.8) is 0 Å². The third-order valence-electron chi connectivity index (χ3n) is 3.39. The molecule has 0 aliphatic heterocycles. The average Bonchev–Trinajstić information content (AvgIpc) is 2.55. The molecule has 0 saturated carbocycles. The van der Waals surface area contributed by atoms with Crippen LogP contribution in [0.3, 0.4) is 0 Å². The first kappa shape index (κ1) is 18.6. The highest BCUT2D eigenvalue weighted by molar-refractivity contribution is 5.74. The van der Waals surface area contributed by atoms with Crippen molar-refractivity contribution in [1.82, 2.24) is 10.2 Å². The molecule has 1 aromatic rings. The summed E-state index contributed by atoms with van der Waals surface area (Å²) < 4.78 is 10.5. The Balaban J connectivity index is 2.39. The van der Waals surface area contributed by atoms with Gasteiger partial charge in [-0.3, -0.25) is 4.79 Å². The van der Waals surface area contributed by atoms with Gasteiger partial charge in [0.25, 0.3) is 0 Å². The fraction of sp³-hybridized carbons (Fsp3) is 0.500. The molecule has 0 aliphatic carbocycles. The van der Waals surface area contributed by atoms with E-state index in [1.54, 1.807) is 21.3 Å². The zero-order chi connectivity index (χ0) is 17.2. The van der Waals surface area contributed by atoms with Crippen molar-refractivity contribution in [2.45, 2.75) is 19.3 Å². The van der Waals surface area contributed by atoms with Gasteiger partial charge >= 0.3 is 12.0 Å². The highest BCUT2D eigenvalue weighted by Crippen LogP contribution is 2.24. The number of carbonyl (C=O) groups is 2. The largest absolute Gasteiger partial charge is 0.497 e. The van der Waals surface area contributed by atoms with Crippen molar-refractivity contribution in [1.29, 1.82) is 0 Å².